The maximum atomic E-state index is 12.1. The number of benzene rings is 1. The summed E-state index contributed by atoms with van der Waals surface area (Å²) in [5.74, 6) is 0.0113. The number of aryl methyl sites for hydroxylation is 2. The van der Waals surface area contributed by atoms with E-state index in [2.05, 4.69) is 10.4 Å². The maximum Gasteiger partial charge on any atom is 0.224 e. The molecule has 0 aliphatic heterocycles. The van der Waals surface area contributed by atoms with Crippen LogP contribution in [0, 0.1) is 13.8 Å². The Morgan fingerprint density at radius 2 is 2.14 bits per heavy atom. The second-order valence-electron chi connectivity index (χ2n) is 5.45. The number of nitrogens with one attached hydrogen (secondary N) is 1. The van der Waals surface area contributed by atoms with Crippen LogP contribution in [0.4, 0.5) is 5.69 Å². The van der Waals surface area contributed by atoms with Gasteiger partial charge in [-0.15, -0.1) is 0 Å². The van der Waals surface area contributed by atoms with Crippen molar-refractivity contribution < 1.29 is 9.53 Å². The SMILES string of the molecule is COCc1cccc(NC(=O)CCc2c(C)nn(C)c2C)c1. The van der Waals surface area contributed by atoms with Crippen molar-refractivity contribution in [1.82, 2.24) is 9.78 Å². The number of ether oxygens (including phenoxy) is 1. The van der Waals surface area contributed by atoms with Gasteiger partial charge < -0.3 is 10.1 Å². The molecule has 0 radical (unpaired) electrons. The fourth-order valence-electron chi connectivity index (χ4n) is 2.55. The predicted molar refractivity (Wildman–Crippen MR) is 86.8 cm³/mol. The van der Waals surface area contributed by atoms with Crippen molar-refractivity contribution in [3.8, 4) is 0 Å². The third kappa shape index (κ3) is 3.95. The molecule has 5 nitrogen and oxygen atoms in total. The number of nitrogens with zero attached hydrogens (tertiary/aromatic N) is 2. The van der Waals surface area contributed by atoms with Crippen LogP contribution < -0.4 is 5.32 Å². The minimum absolute atomic E-state index is 0.0113. The summed E-state index contributed by atoms with van der Waals surface area (Å²) in [7, 11) is 3.58. The Morgan fingerprint density at radius 1 is 1.36 bits per heavy atom. The Hall–Kier alpha value is -2.14. The summed E-state index contributed by atoms with van der Waals surface area (Å²) in [4.78, 5) is 12.1. The van der Waals surface area contributed by atoms with Gasteiger partial charge in [0.15, 0.2) is 0 Å². The number of hydrogen-bond donors (Lipinski definition) is 1. The van der Waals surface area contributed by atoms with Crippen molar-refractivity contribution in [1.29, 1.82) is 0 Å². The third-order valence-corrected chi connectivity index (χ3v) is 3.78. The van der Waals surface area contributed by atoms with Crippen LogP contribution in [0.2, 0.25) is 0 Å². The molecule has 1 amide bonds. The van der Waals surface area contributed by atoms with Gasteiger partial charge in [0.25, 0.3) is 0 Å². The van der Waals surface area contributed by atoms with Crippen molar-refractivity contribution in [2.24, 2.45) is 7.05 Å². The first-order valence-electron chi connectivity index (χ1n) is 7.38. The van der Waals surface area contributed by atoms with E-state index in [1.165, 1.54) is 0 Å². The lowest BCUT2D eigenvalue weighted by molar-refractivity contribution is -0.116. The fraction of sp³-hybridized carbons (Fsp3) is 0.412. The van der Waals surface area contributed by atoms with Gasteiger partial charge in [0, 0.05) is 32.0 Å². The number of carbonyl (C=O) groups excluding carboxylic acids is 1. The molecule has 0 aliphatic rings. The van der Waals surface area contributed by atoms with Crippen molar-refractivity contribution in [3.05, 3.63) is 46.8 Å². The molecule has 0 aliphatic carbocycles. The van der Waals surface area contributed by atoms with E-state index in [9.17, 15) is 4.79 Å². The Bertz CT molecular complexity index is 662. The average molecular weight is 301 g/mol. The highest BCUT2D eigenvalue weighted by Gasteiger charge is 2.11. The van der Waals surface area contributed by atoms with Gasteiger partial charge in [-0.3, -0.25) is 9.48 Å². The molecular formula is C17H23N3O2. The van der Waals surface area contributed by atoms with Gasteiger partial charge >= 0.3 is 0 Å². The van der Waals surface area contributed by atoms with Crippen LogP contribution in [0.1, 0.15) is 28.9 Å². The Morgan fingerprint density at radius 3 is 2.77 bits per heavy atom. The van der Waals surface area contributed by atoms with Crippen molar-refractivity contribution in [2.45, 2.75) is 33.3 Å². The summed E-state index contributed by atoms with van der Waals surface area (Å²) in [5.41, 5.74) is 5.12. The molecule has 1 aromatic carbocycles. The van der Waals surface area contributed by atoms with Gasteiger partial charge in [-0.1, -0.05) is 12.1 Å². The molecule has 0 saturated heterocycles. The van der Waals surface area contributed by atoms with Crippen LogP contribution in [0.3, 0.4) is 0 Å². The monoisotopic (exact) mass is 301 g/mol. The molecule has 2 rings (SSSR count). The minimum Gasteiger partial charge on any atom is -0.380 e. The van der Waals surface area contributed by atoms with Gasteiger partial charge in [-0.05, 0) is 43.5 Å². The molecule has 1 N–H and O–H groups in total. The third-order valence-electron chi connectivity index (χ3n) is 3.78. The van der Waals surface area contributed by atoms with Crippen LogP contribution in [0.15, 0.2) is 24.3 Å². The zero-order chi connectivity index (χ0) is 16.1. The summed E-state index contributed by atoms with van der Waals surface area (Å²) < 4.78 is 6.96. The van der Waals surface area contributed by atoms with Crippen molar-refractivity contribution >= 4 is 11.6 Å². The first-order chi connectivity index (χ1) is 10.5. The molecule has 118 valence electrons. The number of carbonyl (C=O) groups is 1. The Kier molecular flexibility index (Phi) is 5.33. The quantitative estimate of drug-likeness (QED) is 0.892. The van der Waals surface area contributed by atoms with Crippen LogP contribution in [-0.2, 0) is 29.6 Å². The van der Waals surface area contributed by atoms with Crippen molar-refractivity contribution in [3.63, 3.8) is 0 Å². The minimum atomic E-state index is 0.0113. The molecule has 0 saturated carbocycles. The van der Waals surface area contributed by atoms with Crippen LogP contribution >= 0.6 is 0 Å². The normalized spacial score (nSPS) is 10.7. The molecule has 1 aromatic heterocycles. The van der Waals surface area contributed by atoms with E-state index in [1.54, 1.807) is 7.11 Å². The molecule has 0 unspecified atom stereocenters. The largest absolute Gasteiger partial charge is 0.380 e. The van der Waals surface area contributed by atoms with E-state index in [-0.39, 0.29) is 5.91 Å². The zero-order valence-corrected chi connectivity index (χ0v) is 13.6. The number of methoxy groups -OCH3 is 1. The summed E-state index contributed by atoms with van der Waals surface area (Å²) in [6, 6.07) is 7.71. The van der Waals surface area contributed by atoms with Gasteiger partial charge in [-0.25, -0.2) is 0 Å². The van der Waals surface area contributed by atoms with Crippen LogP contribution in [0.5, 0.6) is 0 Å². The van der Waals surface area contributed by atoms with Gasteiger partial charge in [0.2, 0.25) is 5.91 Å². The highest BCUT2D eigenvalue weighted by atomic mass is 16.5. The maximum absolute atomic E-state index is 12.1. The highest BCUT2D eigenvalue weighted by molar-refractivity contribution is 5.90. The molecule has 22 heavy (non-hydrogen) atoms. The summed E-state index contributed by atoms with van der Waals surface area (Å²) in [6.45, 7) is 4.55. The lowest BCUT2D eigenvalue weighted by Crippen LogP contribution is -2.13. The molecule has 1 heterocycles. The molecule has 0 bridgehead atoms. The molecule has 5 heteroatoms. The van der Waals surface area contributed by atoms with Gasteiger partial charge in [0.05, 0.1) is 12.3 Å². The molecule has 0 fully saturated rings. The molecular weight excluding hydrogens is 278 g/mol. The van der Waals surface area contributed by atoms with Crippen LogP contribution in [-0.4, -0.2) is 22.8 Å². The first kappa shape index (κ1) is 16.2. The number of anilines is 1. The van der Waals surface area contributed by atoms with Gasteiger partial charge in [0.1, 0.15) is 0 Å². The predicted octanol–water partition coefficient (Wildman–Crippen LogP) is 2.75. The zero-order valence-electron chi connectivity index (χ0n) is 13.6. The molecule has 2 aromatic rings. The fourth-order valence-corrected chi connectivity index (χ4v) is 2.55. The van der Waals surface area contributed by atoms with E-state index in [4.69, 9.17) is 4.74 Å². The topological polar surface area (TPSA) is 56.1 Å². The Labute approximate surface area is 131 Å². The summed E-state index contributed by atoms with van der Waals surface area (Å²) in [5, 5.41) is 7.31. The second kappa shape index (κ2) is 7.22. The van der Waals surface area contributed by atoms with E-state index >= 15 is 0 Å². The highest BCUT2D eigenvalue weighted by Crippen LogP contribution is 2.15. The van der Waals surface area contributed by atoms with E-state index < -0.39 is 0 Å². The lowest BCUT2D eigenvalue weighted by atomic mass is 10.1. The Balaban J connectivity index is 1.94. The summed E-state index contributed by atoms with van der Waals surface area (Å²) in [6.07, 6.45) is 1.15. The van der Waals surface area contributed by atoms with Crippen LogP contribution in [0.25, 0.3) is 0 Å². The van der Waals surface area contributed by atoms with Crippen molar-refractivity contribution in [2.75, 3.05) is 12.4 Å². The number of amides is 1. The van der Waals surface area contributed by atoms with E-state index in [0.717, 1.165) is 28.2 Å². The lowest BCUT2D eigenvalue weighted by Gasteiger charge is -2.07. The number of rotatable bonds is 6. The second-order valence-corrected chi connectivity index (χ2v) is 5.45. The average Bonchev–Trinajstić information content (AvgIpc) is 2.71. The van der Waals surface area contributed by atoms with Gasteiger partial charge in [-0.2, -0.15) is 5.10 Å². The number of aromatic nitrogens is 2. The number of hydrogen-bond acceptors (Lipinski definition) is 3. The smallest absolute Gasteiger partial charge is 0.224 e. The molecule has 0 atom stereocenters. The standard InChI is InChI=1S/C17H23N3O2/c1-12-16(13(2)20(3)19-12)8-9-17(21)18-15-7-5-6-14(10-15)11-22-4/h5-7,10H,8-9,11H2,1-4H3,(H,18,21). The first-order valence-corrected chi connectivity index (χ1v) is 7.38. The summed E-state index contributed by atoms with van der Waals surface area (Å²) >= 11 is 0. The van der Waals surface area contributed by atoms with E-state index in [0.29, 0.717) is 19.4 Å². The molecule has 0 spiro atoms. The van der Waals surface area contributed by atoms with E-state index in [1.807, 2.05) is 49.8 Å².